The van der Waals surface area contributed by atoms with E-state index in [4.69, 9.17) is 9.47 Å². The van der Waals surface area contributed by atoms with Gasteiger partial charge in [-0.1, -0.05) is 6.07 Å². The van der Waals surface area contributed by atoms with Gasteiger partial charge < -0.3 is 19.7 Å². The molecule has 1 aromatic rings. The fourth-order valence-electron chi connectivity index (χ4n) is 2.99. The van der Waals surface area contributed by atoms with Crippen molar-refractivity contribution in [3.63, 3.8) is 0 Å². The molecular weight excluding hydrogens is 306 g/mol. The highest BCUT2D eigenvalue weighted by atomic mass is 16.5. The molecule has 2 aliphatic rings. The van der Waals surface area contributed by atoms with Crippen LogP contribution in [0.15, 0.2) is 18.2 Å². The number of ether oxygens (including phenoxy) is 2. The molecule has 0 spiro atoms. The van der Waals surface area contributed by atoms with Crippen molar-refractivity contribution in [1.82, 2.24) is 15.1 Å². The molecule has 6 heteroatoms. The van der Waals surface area contributed by atoms with Crippen LogP contribution in [0.2, 0.25) is 0 Å². The third kappa shape index (κ3) is 4.32. The minimum atomic E-state index is 0.108. The third-order valence-electron chi connectivity index (χ3n) is 4.73. The molecule has 1 N–H and O–H groups in total. The summed E-state index contributed by atoms with van der Waals surface area (Å²) in [5.74, 6) is 1.54. The van der Waals surface area contributed by atoms with Crippen LogP contribution in [0.25, 0.3) is 0 Å². The van der Waals surface area contributed by atoms with Gasteiger partial charge in [0.2, 0.25) is 0 Å². The minimum Gasteiger partial charge on any atom is -0.493 e. The number of hydrogen-bond acceptors (Lipinski definition) is 4. The quantitative estimate of drug-likeness (QED) is 0.861. The normalized spacial score (nSPS) is 18.3. The Morgan fingerprint density at radius 3 is 2.46 bits per heavy atom. The molecule has 1 saturated carbocycles. The number of carbonyl (C=O) groups is 1. The summed E-state index contributed by atoms with van der Waals surface area (Å²) in [6.07, 6.45) is 3.24. The molecule has 1 aromatic carbocycles. The maximum absolute atomic E-state index is 12.0. The average Bonchev–Trinajstić information content (AvgIpc) is 3.44. The Bertz CT molecular complexity index is 567. The zero-order valence-electron chi connectivity index (χ0n) is 14.6. The van der Waals surface area contributed by atoms with Gasteiger partial charge in [0.05, 0.1) is 14.2 Å². The fraction of sp³-hybridized carbons (Fsp3) is 0.611. The highest BCUT2D eigenvalue weighted by Gasteiger charge is 2.27. The Labute approximate surface area is 143 Å². The summed E-state index contributed by atoms with van der Waals surface area (Å²) < 4.78 is 10.6. The number of nitrogens with one attached hydrogen (secondary N) is 1. The molecule has 0 atom stereocenters. The predicted octanol–water partition coefficient (Wildman–Crippen LogP) is 1.74. The van der Waals surface area contributed by atoms with Gasteiger partial charge in [-0.2, -0.15) is 0 Å². The molecule has 0 aromatic heterocycles. The highest BCUT2D eigenvalue weighted by molar-refractivity contribution is 5.75. The van der Waals surface area contributed by atoms with Crippen molar-refractivity contribution in [1.29, 1.82) is 0 Å². The van der Waals surface area contributed by atoms with Crippen LogP contribution in [-0.4, -0.2) is 68.8 Å². The standard InChI is InChI=1S/C18H27N3O3/c1-23-16-6-3-14(13-17(16)24-2)7-8-20-9-11-21(12-10-20)18(22)19-15-4-5-15/h3,6,13,15H,4-5,7-12H2,1-2H3,(H,19,22). The summed E-state index contributed by atoms with van der Waals surface area (Å²) >= 11 is 0. The SMILES string of the molecule is COc1ccc(CCN2CCN(C(=O)NC3CC3)CC2)cc1OC. The van der Waals surface area contributed by atoms with Crippen LogP contribution < -0.4 is 14.8 Å². The zero-order valence-corrected chi connectivity index (χ0v) is 14.6. The van der Waals surface area contributed by atoms with Crippen molar-refractivity contribution in [3.05, 3.63) is 23.8 Å². The molecule has 1 aliphatic heterocycles. The Kier molecular flexibility index (Phi) is 5.45. The molecule has 0 radical (unpaired) electrons. The molecule has 132 valence electrons. The van der Waals surface area contributed by atoms with E-state index in [2.05, 4.69) is 16.3 Å². The van der Waals surface area contributed by atoms with Crippen LogP contribution in [0, 0.1) is 0 Å². The second-order valence-corrected chi connectivity index (χ2v) is 6.49. The van der Waals surface area contributed by atoms with Gasteiger partial charge in [0.1, 0.15) is 0 Å². The molecule has 6 nitrogen and oxygen atoms in total. The van der Waals surface area contributed by atoms with Crippen LogP contribution in [0.1, 0.15) is 18.4 Å². The van der Waals surface area contributed by atoms with Gasteiger partial charge >= 0.3 is 6.03 Å². The van der Waals surface area contributed by atoms with Crippen molar-refractivity contribution in [2.45, 2.75) is 25.3 Å². The van der Waals surface area contributed by atoms with Crippen molar-refractivity contribution in [2.24, 2.45) is 0 Å². The lowest BCUT2D eigenvalue weighted by Crippen LogP contribution is -2.52. The number of carbonyl (C=O) groups excluding carboxylic acids is 1. The van der Waals surface area contributed by atoms with E-state index in [-0.39, 0.29) is 6.03 Å². The molecule has 1 heterocycles. The number of methoxy groups -OCH3 is 2. The van der Waals surface area contributed by atoms with Crippen molar-refractivity contribution >= 4 is 6.03 Å². The molecule has 0 unspecified atom stereocenters. The van der Waals surface area contributed by atoms with E-state index < -0.39 is 0 Å². The maximum atomic E-state index is 12.0. The van der Waals surface area contributed by atoms with Gasteiger partial charge in [0.15, 0.2) is 11.5 Å². The van der Waals surface area contributed by atoms with Gasteiger partial charge in [-0.05, 0) is 37.0 Å². The number of benzene rings is 1. The lowest BCUT2D eigenvalue weighted by molar-refractivity contribution is 0.140. The third-order valence-corrected chi connectivity index (χ3v) is 4.73. The molecule has 0 bridgehead atoms. The largest absolute Gasteiger partial charge is 0.493 e. The van der Waals surface area contributed by atoms with E-state index in [1.165, 1.54) is 5.56 Å². The predicted molar refractivity (Wildman–Crippen MR) is 92.8 cm³/mol. The van der Waals surface area contributed by atoms with Crippen molar-refractivity contribution < 1.29 is 14.3 Å². The number of hydrogen-bond donors (Lipinski definition) is 1. The second-order valence-electron chi connectivity index (χ2n) is 6.49. The van der Waals surface area contributed by atoms with E-state index in [9.17, 15) is 4.79 Å². The van der Waals surface area contributed by atoms with E-state index in [1.807, 2.05) is 17.0 Å². The number of rotatable bonds is 6. The molecule has 3 rings (SSSR count). The van der Waals surface area contributed by atoms with E-state index in [0.717, 1.165) is 63.5 Å². The maximum Gasteiger partial charge on any atom is 0.317 e. The van der Waals surface area contributed by atoms with Crippen LogP contribution in [0.5, 0.6) is 11.5 Å². The summed E-state index contributed by atoms with van der Waals surface area (Å²) in [6, 6.07) is 6.62. The van der Waals surface area contributed by atoms with Gasteiger partial charge in [-0.25, -0.2) is 4.79 Å². The number of urea groups is 1. The monoisotopic (exact) mass is 333 g/mol. The zero-order chi connectivity index (χ0) is 16.9. The molecule has 24 heavy (non-hydrogen) atoms. The van der Waals surface area contributed by atoms with Crippen LogP contribution in [-0.2, 0) is 6.42 Å². The topological polar surface area (TPSA) is 54.0 Å². The van der Waals surface area contributed by atoms with E-state index >= 15 is 0 Å². The average molecular weight is 333 g/mol. The van der Waals surface area contributed by atoms with Crippen LogP contribution >= 0.6 is 0 Å². The first-order valence-corrected chi connectivity index (χ1v) is 8.68. The number of piperazine rings is 1. The smallest absolute Gasteiger partial charge is 0.317 e. The Hall–Kier alpha value is -1.95. The summed E-state index contributed by atoms with van der Waals surface area (Å²) in [5.41, 5.74) is 1.24. The summed E-state index contributed by atoms with van der Waals surface area (Å²) in [4.78, 5) is 16.4. The van der Waals surface area contributed by atoms with Gasteiger partial charge in [0, 0.05) is 38.8 Å². The van der Waals surface area contributed by atoms with E-state index in [1.54, 1.807) is 14.2 Å². The lowest BCUT2D eigenvalue weighted by atomic mass is 10.1. The number of nitrogens with zero attached hydrogens (tertiary/aromatic N) is 2. The van der Waals surface area contributed by atoms with Gasteiger partial charge in [0.25, 0.3) is 0 Å². The Balaban J connectivity index is 1.43. The minimum absolute atomic E-state index is 0.108. The van der Waals surface area contributed by atoms with Gasteiger partial charge in [-0.15, -0.1) is 0 Å². The van der Waals surface area contributed by atoms with Crippen molar-refractivity contribution in [3.8, 4) is 11.5 Å². The summed E-state index contributed by atoms with van der Waals surface area (Å²) in [5, 5.41) is 3.06. The fourth-order valence-corrected chi connectivity index (χ4v) is 2.99. The molecule has 2 fully saturated rings. The molecule has 1 aliphatic carbocycles. The van der Waals surface area contributed by atoms with Crippen molar-refractivity contribution in [2.75, 3.05) is 46.9 Å². The van der Waals surface area contributed by atoms with Crippen LogP contribution in [0.4, 0.5) is 4.79 Å². The molecule has 2 amide bonds. The Morgan fingerprint density at radius 2 is 1.83 bits per heavy atom. The summed E-state index contributed by atoms with van der Waals surface area (Å²) in [6.45, 7) is 4.49. The Morgan fingerprint density at radius 1 is 1.12 bits per heavy atom. The summed E-state index contributed by atoms with van der Waals surface area (Å²) in [7, 11) is 3.31. The van der Waals surface area contributed by atoms with E-state index in [0.29, 0.717) is 6.04 Å². The second kappa shape index (κ2) is 7.75. The lowest BCUT2D eigenvalue weighted by Gasteiger charge is -2.34. The molecule has 1 saturated heterocycles. The first-order chi connectivity index (χ1) is 11.7. The van der Waals surface area contributed by atoms with Gasteiger partial charge in [-0.3, -0.25) is 4.90 Å². The number of amides is 2. The first kappa shape index (κ1) is 16.9. The van der Waals surface area contributed by atoms with Crippen LogP contribution in [0.3, 0.4) is 0 Å². The first-order valence-electron chi connectivity index (χ1n) is 8.68. The highest BCUT2D eigenvalue weighted by Crippen LogP contribution is 2.27. The molecular formula is C18H27N3O3.